The molecule has 2 unspecified atom stereocenters. The molecular weight excluding hydrogens is 248 g/mol. The van der Waals surface area contributed by atoms with Crippen molar-refractivity contribution in [3.05, 3.63) is 29.3 Å². The Kier molecular flexibility index (Phi) is 4.44. The van der Waals surface area contributed by atoms with Gasteiger partial charge in [0.1, 0.15) is 0 Å². The molecule has 3 nitrogen and oxygen atoms in total. The van der Waals surface area contributed by atoms with Crippen molar-refractivity contribution in [3.8, 4) is 6.07 Å². The van der Waals surface area contributed by atoms with Crippen molar-refractivity contribution in [1.29, 1.82) is 5.26 Å². The van der Waals surface area contributed by atoms with Gasteiger partial charge >= 0.3 is 0 Å². The summed E-state index contributed by atoms with van der Waals surface area (Å²) < 4.78 is 0. The van der Waals surface area contributed by atoms with Gasteiger partial charge in [0.05, 0.1) is 11.6 Å². The van der Waals surface area contributed by atoms with Gasteiger partial charge in [-0.15, -0.1) is 0 Å². The molecule has 1 aromatic carbocycles. The number of hydrogen-bond acceptors (Lipinski definition) is 3. The fourth-order valence-corrected chi connectivity index (χ4v) is 3.14. The van der Waals surface area contributed by atoms with Gasteiger partial charge < -0.3 is 4.90 Å². The quantitative estimate of drug-likeness (QED) is 0.785. The van der Waals surface area contributed by atoms with Crippen molar-refractivity contribution in [2.45, 2.75) is 45.6 Å². The highest BCUT2D eigenvalue weighted by Crippen LogP contribution is 2.31. The van der Waals surface area contributed by atoms with Crippen LogP contribution in [-0.2, 0) is 0 Å². The first kappa shape index (κ1) is 14.6. The van der Waals surface area contributed by atoms with Crippen LogP contribution in [-0.4, -0.2) is 18.9 Å². The summed E-state index contributed by atoms with van der Waals surface area (Å²) >= 11 is 0. The Labute approximate surface area is 121 Å². The monoisotopic (exact) mass is 270 g/mol. The zero-order valence-electron chi connectivity index (χ0n) is 12.5. The van der Waals surface area contributed by atoms with Crippen LogP contribution in [0.2, 0.25) is 0 Å². The van der Waals surface area contributed by atoms with Crippen molar-refractivity contribution in [1.82, 2.24) is 0 Å². The summed E-state index contributed by atoms with van der Waals surface area (Å²) in [5, 5.41) is 9.07. The zero-order valence-corrected chi connectivity index (χ0v) is 12.5. The van der Waals surface area contributed by atoms with Crippen molar-refractivity contribution < 1.29 is 4.79 Å². The minimum atomic E-state index is 0.0557. The predicted molar refractivity (Wildman–Crippen MR) is 81.0 cm³/mol. The van der Waals surface area contributed by atoms with E-state index < -0.39 is 0 Å². The van der Waals surface area contributed by atoms with Gasteiger partial charge in [-0.25, -0.2) is 0 Å². The predicted octanol–water partition coefficient (Wildman–Crippen LogP) is 3.78. The molecule has 0 N–H and O–H groups in total. The first-order valence-corrected chi connectivity index (χ1v) is 7.31. The average molecular weight is 270 g/mol. The lowest BCUT2D eigenvalue weighted by molar-refractivity contribution is 0.101. The topological polar surface area (TPSA) is 44.1 Å². The molecule has 0 aliphatic heterocycles. The standard InChI is InChI=1S/C17H22N2O/c1-12-5-4-6-15(9-12)19(3)17-10-14(11-18)7-8-16(17)13(2)20/h7-8,10,12,15H,4-6,9H2,1-3H3. The molecule has 1 fully saturated rings. The first-order valence-electron chi connectivity index (χ1n) is 7.31. The van der Waals surface area contributed by atoms with Gasteiger partial charge in [0, 0.05) is 24.3 Å². The van der Waals surface area contributed by atoms with Gasteiger partial charge in [-0.3, -0.25) is 4.79 Å². The molecule has 0 heterocycles. The molecular formula is C17H22N2O. The van der Waals surface area contributed by atoms with Crippen LogP contribution >= 0.6 is 0 Å². The lowest BCUT2D eigenvalue weighted by Gasteiger charge is -2.36. The molecule has 0 saturated heterocycles. The number of nitrogens with zero attached hydrogens (tertiary/aromatic N) is 2. The van der Waals surface area contributed by atoms with Gasteiger partial charge in [0.2, 0.25) is 0 Å². The number of rotatable bonds is 3. The Bertz CT molecular complexity index is 544. The van der Waals surface area contributed by atoms with E-state index in [1.54, 1.807) is 19.1 Å². The van der Waals surface area contributed by atoms with Crippen molar-refractivity contribution >= 4 is 11.5 Å². The van der Waals surface area contributed by atoms with E-state index in [9.17, 15) is 4.79 Å². The Morgan fingerprint density at radius 3 is 2.75 bits per heavy atom. The van der Waals surface area contributed by atoms with E-state index in [0.29, 0.717) is 17.2 Å². The largest absolute Gasteiger partial charge is 0.371 e. The Hall–Kier alpha value is -1.82. The van der Waals surface area contributed by atoms with Gasteiger partial charge in [0.15, 0.2) is 5.78 Å². The summed E-state index contributed by atoms with van der Waals surface area (Å²) in [5.41, 5.74) is 2.22. The van der Waals surface area contributed by atoms with Crippen LogP contribution in [0.15, 0.2) is 18.2 Å². The third-order valence-electron chi connectivity index (χ3n) is 4.34. The molecule has 1 aromatic rings. The maximum absolute atomic E-state index is 11.8. The normalized spacial score (nSPS) is 22.1. The van der Waals surface area contributed by atoms with Crippen LogP contribution in [0.1, 0.15) is 55.5 Å². The number of carbonyl (C=O) groups excluding carboxylic acids is 1. The van der Waals surface area contributed by atoms with E-state index >= 15 is 0 Å². The van der Waals surface area contributed by atoms with Gasteiger partial charge in [-0.05, 0) is 43.9 Å². The van der Waals surface area contributed by atoms with Crippen molar-refractivity contribution in [3.63, 3.8) is 0 Å². The molecule has 106 valence electrons. The Morgan fingerprint density at radius 2 is 2.15 bits per heavy atom. The number of hydrogen-bond donors (Lipinski definition) is 0. The number of anilines is 1. The summed E-state index contributed by atoms with van der Waals surface area (Å²) in [5.74, 6) is 0.788. The summed E-state index contributed by atoms with van der Waals surface area (Å²) in [7, 11) is 2.05. The van der Waals surface area contributed by atoms with E-state index in [1.807, 2.05) is 13.1 Å². The van der Waals surface area contributed by atoms with Crippen molar-refractivity contribution in [2.75, 3.05) is 11.9 Å². The number of benzene rings is 1. The summed E-state index contributed by atoms with van der Waals surface area (Å²) in [6.45, 7) is 3.87. The Morgan fingerprint density at radius 1 is 1.40 bits per heavy atom. The van der Waals surface area contributed by atoms with Crippen molar-refractivity contribution in [2.24, 2.45) is 5.92 Å². The number of nitriles is 1. The minimum Gasteiger partial charge on any atom is -0.371 e. The van der Waals surface area contributed by atoms with Crippen LogP contribution in [0.4, 0.5) is 5.69 Å². The lowest BCUT2D eigenvalue weighted by Crippen LogP contribution is -2.36. The van der Waals surface area contributed by atoms with Crippen LogP contribution in [0.5, 0.6) is 0 Å². The zero-order chi connectivity index (χ0) is 14.7. The number of ketones is 1. The van der Waals surface area contributed by atoms with Gasteiger partial charge in [-0.1, -0.05) is 19.8 Å². The second-order valence-corrected chi connectivity index (χ2v) is 5.94. The van der Waals surface area contributed by atoms with Crippen LogP contribution < -0.4 is 4.90 Å². The second kappa shape index (κ2) is 6.09. The fraction of sp³-hybridized carbons (Fsp3) is 0.529. The molecule has 20 heavy (non-hydrogen) atoms. The SMILES string of the molecule is CC(=O)c1ccc(C#N)cc1N(C)C1CCCC(C)C1. The third kappa shape index (κ3) is 3.01. The number of Topliss-reactive ketones (excluding diaryl/α,β-unsaturated/α-hetero) is 1. The maximum atomic E-state index is 11.8. The molecule has 1 aliphatic rings. The average Bonchev–Trinajstić information content (AvgIpc) is 2.45. The lowest BCUT2D eigenvalue weighted by atomic mass is 9.86. The van der Waals surface area contributed by atoms with Gasteiger partial charge in [-0.2, -0.15) is 5.26 Å². The number of carbonyl (C=O) groups is 1. The molecule has 1 saturated carbocycles. The molecule has 0 amide bonds. The second-order valence-electron chi connectivity index (χ2n) is 5.94. The maximum Gasteiger partial charge on any atom is 0.161 e. The fourth-order valence-electron chi connectivity index (χ4n) is 3.14. The highest BCUT2D eigenvalue weighted by atomic mass is 16.1. The van der Waals surface area contributed by atoms with Gasteiger partial charge in [0.25, 0.3) is 0 Å². The third-order valence-corrected chi connectivity index (χ3v) is 4.34. The highest BCUT2D eigenvalue weighted by molar-refractivity contribution is 6.00. The van der Waals surface area contributed by atoms with E-state index in [0.717, 1.165) is 24.4 Å². The molecule has 0 spiro atoms. The van der Waals surface area contributed by atoms with Crippen LogP contribution in [0.3, 0.4) is 0 Å². The Balaban J connectivity index is 2.34. The first-order chi connectivity index (χ1) is 9.52. The van der Waals surface area contributed by atoms with E-state index in [4.69, 9.17) is 5.26 Å². The molecule has 1 aliphatic carbocycles. The molecule has 0 aromatic heterocycles. The molecule has 0 radical (unpaired) electrons. The summed E-state index contributed by atoms with van der Waals surface area (Å²) in [4.78, 5) is 14.0. The van der Waals surface area contributed by atoms with E-state index in [-0.39, 0.29) is 5.78 Å². The van der Waals surface area contributed by atoms with E-state index in [1.165, 1.54) is 12.8 Å². The smallest absolute Gasteiger partial charge is 0.161 e. The van der Waals surface area contributed by atoms with E-state index in [2.05, 4.69) is 17.9 Å². The summed E-state index contributed by atoms with van der Waals surface area (Å²) in [6, 6.07) is 7.97. The minimum absolute atomic E-state index is 0.0557. The van der Waals surface area contributed by atoms with Crippen LogP contribution in [0, 0.1) is 17.2 Å². The molecule has 3 heteroatoms. The van der Waals surface area contributed by atoms with Crippen LogP contribution in [0.25, 0.3) is 0 Å². The summed E-state index contributed by atoms with van der Waals surface area (Å²) in [6.07, 6.45) is 4.85. The molecule has 0 bridgehead atoms. The molecule has 2 atom stereocenters. The molecule has 2 rings (SSSR count). The highest BCUT2D eigenvalue weighted by Gasteiger charge is 2.24.